The normalized spacial score (nSPS) is 11.4. The molecule has 36 heavy (non-hydrogen) atoms. The maximum Gasteiger partial charge on any atom is 0.251 e. The Morgan fingerprint density at radius 1 is 0.833 bits per heavy atom. The van der Waals surface area contributed by atoms with E-state index in [9.17, 15) is 9.59 Å². The van der Waals surface area contributed by atoms with Crippen LogP contribution in [0.1, 0.15) is 27.0 Å². The quantitative estimate of drug-likeness (QED) is 0.323. The number of nitrogens with one attached hydrogen (secondary N) is 2. The van der Waals surface area contributed by atoms with Gasteiger partial charge < -0.3 is 15.4 Å². The highest BCUT2D eigenvalue weighted by atomic mass is 35.5. The highest BCUT2D eigenvalue weighted by Crippen LogP contribution is 2.15. The second-order valence-electron chi connectivity index (χ2n) is 8.23. The van der Waals surface area contributed by atoms with Crippen molar-refractivity contribution in [3.05, 3.63) is 131 Å². The van der Waals surface area contributed by atoms with Gasteiger partial charge in [-0.2, -0.15) is 0 Å². The summed E-state index contributed by atoms with van der Waals surface area (Å²) in [6.45, 7) is 0.752. The van der Waals surface area contributed by atoms with E-state index in [1.807, 2.05) is 66.7 Å². The molecule has 3 aromatic carbocycles. The topological polar surface area (TPSA) is 80.3 Å². The van der Waals surface area contributed by atoms with Crippen LogP contribution in [0.4, 0.5) is 0 Å². The lowest BCUT2D eigenvalue weighted by atomic mass is 10.0. The number of amides is 2. The first-order valence-electron chi connectivity index (χ1n) is 11.6. The number of hydrogen-bond acceptors (Lipinski definition) is 4. The molecule has 0 aliphatic rings. The Balaban J connectivity index is 1.36. The van der Waals surface area contributed by atoms with Gasteiger partial charge in [-0.05, 0) is 53.6 Å². The summed E-state index contributed by atoms with van der Waals surface area (Å²) in [6.07, 6.45) is 3.86. The molecule has 0 saturated heterocycles. The molecule has 6 nitrogen and oxygen atoms in total. The Morgan fingerprint density at radius 3 is 2.25 bits per heavy atom. The molecule has 0 aliphatic heterocycles. The Kier molecular flexibility index (Phi) is 8.67. The average Bonchev–Trinajstić information content (AvgIpc) is 2.92. The van der Waals surface area contributed by atoms with Gasteiger partial charge in [-0.1, -0.05) is 60.1 Å². The van der Waals surface area contributed by atoms with E-state index in [1.54, 1.807) is 36.7 Å². The Hall–Kier alpha value is -4.16. The molecular weight excluding hydrogens is 474 g/mol. The number of pyridine rings is 1. The van der Waals surface area contributed by atoms with Gasteiger partial charge in [-0.15, -0.1) is 0 Å². The van der Waals surface area contributed by atoms with E-state index >= 15 is 0 Å². The first-order valence-corrected chi connectivity index (χ1v) is 11.9. The minimum Gasteiger partial charge on any atom is -0.489 e. The van der Waals surface area contributed by atoms with Crippen molar-refractivity contribution in [2.24, 2.45) is 0 Å². The molecule has 0 saturated carbocycles. The minimum atomic E-state index is -0.738. The van der Waals surface area contributed by atoms with Gasteiger partial charge in [0.05, 0.1) is 0 Å². The zero-order valence-electron chi connectivity index (χ0n) is 19.6. The fourth-order valence-electron chi connectivity index (χ4n) is 3.57. The second-order valence-corrected chi connectivity index (χ2v) is 8.67. The van der Waals surface area contributed by atoms with Crippen molar-refractivity contribution in [2.45, 2.75) is 25.6 Å². The highest BCUT2D eigenvalue weighted by Gasteiger charge is 2.22. The summed E-state index contributed by atoms with van der Waals surface area (Å²) in [7, 11) is 0. The van der Waals surface area contributed by atoms with Gasteiger partial charge in [-0.25, -0.2) is 0 Å². The minimum absolute atomic E-state index is 0.266. The summed E-state index contributed by atoms with van der Waals surface area (Å²) in [5.41, 5.74) is 3.29. The van der Waals surface area contributed by atoms with Gasteiger partial charge in [0.15, 0.2) is 0 Å². The number of nitrogens with zero attached hydrogens (tertiary/aromatic N) is 1. The third kappa shape index (κ3) is 7.42. The van der Waals surface area contributed by atoms with Crippen molar-refractivity contribution in [1.82, 2.24) is 15.6 Å². The predicted octanol–water partition coefficient (Wildman–Crippen LogP) is 4.97. The molecule has 0 spiro atoms. The van der Waals surface area contributed by atoms with Crippen LogP contribution in [0.2, 0.25) is 5.02 Å². The molecule has 1 atom stereocenters. The maximum atomic E-state index is 13.1. The molecule has 1 heterocycles. The molecule has 0 aliphatic carbocycles. The fraction of sp³-hybridized carbons (Fsp3) is 0.138. The van der Waals surface area contributed by atoms with Crippen LogP contribution in [-0.2, 0) is 24.4 Å². The van der Waals surface area contributed by atoms with E-state index in [2.05, 4.69) is 15.6 Å². The molecule has 0 bridgehead atoms. The van der Waals surface area contributed by atoms with Crippen LogP contribution in [0.15, 0.2) is 103 Å². The number of carbonyl (C=O) groups excluding carboxylic acids is 2. The summed E-state index contributed by atoms with van der Waals surface area (Å²) in [6, 6.07) is 26.7. The molecule has 1 unspecified atom stereocenters. The van der Waals surface area contributed by atoms with Crippen molar-refractivity contribution >= 4 is 23.4 Å². The molecule has 182 valence electrons. The number of ether oxygens (including phenoxy) is 1. The first kappa shape index (κ1) is 24.9. The standard InChI is InChI=1S/C29H26ClN3O3/c30-25-12-10-24(11-13-25)28(34)33-27(17-21-5-2-1-3-6-21)29(35)32-19-22-8-14-26(15-9-22)36-20-23-7-4-16-31-18-23/h1-16,18,27H,17,19-20H2,(H,32,35)(H,33,34). The maximum absolute atomic E-state index is 13.1. The number of carbonyl (C=O) groups is 2. The zero-order chi connectivity index (χ0) is 25.2. The number of hydrogen-bond donors (Lipinski definition) is 2. The van der Waals surface area contributed by atoms with Crippen molar-refractivity contribution in [3.63, 3.8) is 0 Å². The Morgan fingerprint density at radius 2 is 1.56 bits per heavy atom. The average molecular weight is 500 g/mol. The largest absolute Gasteiger partial charge is 0.489 e. The first-order chi connectivity index (χ1) is 17.6. The summed E-state index contributed by atoms with van der Waals surface area (Å²) < 4.78 is 5.79. The predicted molar refractivity (Wildman–Crippen MR) is 140 cm³/mol. The molecule has 0 fully saturated rings. The second kappa shape index (κ2) is 12.5. The van der Waals surface area contributed by atoms with Gasteiger partial charge in [0.25, 0.3) is 5.91 Å². The monoisotopic (exact) mass is 499 g/mol. The molecule has 0 radical (unpaired) electrons. The lowest BCUT2D eigenvalue weighted by Gasteiger charge is -2.19. The Bertz CT molecular complexity index is 1260. The summed E-state index contributed by atoms with van der Waals surface area (Å²) in [5, 5.41) is 6.34. The third-order valence-electron chi connectivity index (χ3n) is 5.53. The molecular formula is C29H26ClN3O3. The SMILES string of the molecule is O=C(NC(Cc1ccccc1)C(=O)NCc1ccc(OCc2cccnc2)cc1)c1ccc(Cl)cc1. The van der Waals surface area contributed by atoms with Gasteiger partial charge in [0.2, 0.25) is 5.91 Å². The van der Waals surface area contributed by atoms with Crippen molar-refractivity contribution in [2.75, 3.05) is 0 Å². The summed E-state index contributed by atoms with van der Waals surface area (Å²) in [4.78, 5) is 30.0. The number of rotatable bonds is 10. The van der Waals surface area contributed by atoms with E-state index in [0.717, 1.165) is 22.4 Å². The van der Waals surface area contributed by atoms with E-state index in [1.165, 1.54) is 0 Å². The van der Waals surface area contributed by atoms with Crippen LogP contribution in [0.3, 0.4) is 0 Å². The third-order valence-corrected chi connectivity index (χ3v) is 5.78. The van der Waals surface area contributed by atoms with E-state index in [4.69, 9.17) is 16.3 Å². The van der Waals surface area contributed by atoms with Crippen LogP contribution < -0.4 is 15.4 Å². The Labute approximate surface area is 215 Å². The molecule has 2 N–H and O–H groups in total. The zero-order valence-corrected chi connectivity index (χ0v) is 20.3. The van der Waals surface area contributed by atoms with Crippen LogP contribution in [0, 0.1) is 0 Å². The van der Waals surface area contributed by atoms with Crippen molar-refractivity contribution < 1.29 is 14.3 Å². The molecule has 7 heteroatoms. The highest BCUT2D eigenvalue weighted by molar-refractivity contribution is 6.30. The number of benzene rings is 3. The van der Waals surface area contributed by atoms with Crippen molar-refractivity contribution in [3.8, 4) is 5.75 Å². The summed E-state index contributed by atoms with van der Waals surface area (Å²) >= 11 is 5.93. The molecule has 1 aromatic heterocycles. The number of aromatic nitrogens is 1. The van der Waals surface area contributed by atoms with Gasteiger partial charge in [0, 0.05) is 41.5 Å². The van der Waals surface area contributed by atoms with Gasteiger partial charge >= 0.3 is 0 Å². The lowest BCUT2D eigenvalue weighted by molar-refractivity contribution is -0.123. The van der Waals surface area contributed by atoms with Crippen LogP contribution in [0.5, 0.6) is 5.75 Å². The van der Waals surface area contributed by atoms with Gasteiger partial charge in [-0.3, -0.25) is 14.6 Å². The van der Waals surface area contributed by atoms with Crippen molar-refractivity contribution in [1.29, 1.82) is 0 Å². The van der Waals surface area contributed by atoms with Crippen LogP contribution in [-0.4, -0.2) is 22.8 Å². The lowest BCUT2D eigenvalue weighted by Crippen LogP contribution is -2.47. The van der Waals surface area contributed by atoms with E-state index in [0.29, 0.717) is 30.2 Å². The smallest absolute Gasteiger partial charge is 0.251 e. The fourth-order valence-corrected chi connectivity index (χ4v) is 3.69. The van der Waals surface area contributed by atoms with Crippen LogP contribution in [0.25, 0.3) is 0 Å². The van der Waals surface area contributed by atoms with Crippen LogP contribution >= 0.6 is 11.6 Å². The van der Waals surface area contributed by atoms with E-state index in [-0.39, 0.29) is 11.8 Å². The molecule has 2 amide bonds. The van der Waals surface area contributed by atoms with Gasteiger partial charge in [0.1, 0.15) is 18.4 Å². The molecule has 4 aromatic rings. The summed E-state index contributed by atoms with van der Waals surface area (Å²) in [5.74, 6) is 0.127. The molecule has 4 rings (SSSR count). The number of halogens is 1. The van der Waals surface area contributed by atoms with E-state index < -0.39 is 6.04 Å².